The van der Waals surface area contributed by atoms with Crippen LogP contribution in [0.15, 0.2) is 24.3 Å². The number of rotatable bonds is 6. The Morgan fingerprint density at radius 3 is 2.56 bits per heavy atom. The summed E-state index contributed by atoms with van der Waals surface area (Å²) in [5, 5.41) is 3.60. The lowest BCUT2D eigenvalue weighted by Crippen LogP contribution is -2.34. The van der Waals surface area contributed by atoms with Crippen molar-refractivity contribution in [2.45, 2.75) is 39.3 Å². The van der Waals surface area contributed by atoms with E-state index in [4.69, 9.17) is 4.74 Å². The fourth-order valence-electron chi connectivity index (χ4n) is 2.00. The lowest BCUT2D eigenvalue weighted by atomic mass is 10.0. The maximum absolute atomic E-state index is 5.20. The largest absolute Gasteiger partial charge is 0.383 e. The van der Waals surface area contributed by atoms with Crippen LogP contribution in [0.1, 0.15) is 37.4 Å². The van der Waals surface area contributed by atoms with Gasteiger partial charge in [0.1, 0.15) is 0 Å². The second-order valence-corrected chi connectivity index (χ2v) is 4.31. The normalized spacial score (nSPS) is 14.8. The predicted molar refractivity (Wildman–Crippen MR) is 68.7 cm³/mol. The van der Waals surface area contributed by atoms with Gasteiger partial charge in [0.25, 0.3) is 0 Å². The highest BCUT2D eigenvalue weighted by Crippen LogP contribution is 2.17. The summed E-state index contributed by atoms with van der Waals surface area (Å²) in [6, 6.07) is 9.33. The topological polar surface area (TPSA) is 21.3 Å². The third-order valence-corrected chi connectivity index (χ3v) is 3.00. The quantitative estimate of drug-likeness (QED) is 0.797. The van der Waals surface area contributed by atoms with Crippen molar-refractivity contribution in [1.82, 2.24) is 5.32 Å². The number of ether oxygens (including phenoxy) is 1. The number of hydrogen-bond acceptors (Lipinski definition) is 2. The molecule has 0 saturated carbocycles. The summed E-state index contributed by atoms with van der Waals surface area (Å²) >= 11 is 0. The van der Waals surface area contributed by atoms with Crippen LogP contribution in [-0.2, 0) is 4.74 Å². The fraction of sp³-hybridized carbons (Fsp3) is 0.571. The van der Waals surface area contributed by atoms with Gasteiger partial charge in [0.2, 0.25) is 0 Å². The number of hydrogen-bond donors (Lipinski definition) is 1. The molecule has 1 unspecified atom stereocenters. The first-order valence-corrected chi connectivity index (χ1v) is 5.99. The van der Waals surface area contributed by atoms with Crippen molar-refractivity contribution in [2.75, 3.05) is 13.7 Å². The SMILES string of the molecule is CCC(COC)N[C@H](C)c1ccccc1C. The van der Waals surface area contributed by atoms with E-state index >= 15 is 0 Å². The Balaban J connectivity index is 2.64. The van der Waals surface area contributed by atoms with Crippen LogP contribution in [0.2, 0.25) is 0 Å². The highest BCUT2D eigenvalue weighted by Gasteiger charge is 2.12. The zero-order valence-electron chi connectivity index (χ0n) is 10.8. The van der Waals surface area contributed by atoms with Crippen LogP contribution in [0.25, 0.3) is 0 Å². The van der Waals surface area contributed by atoms with E-state index in [2.05, 4.69) is 50.4 Å². The highest BCUT2D eigenvalue weighted by atomic mass is 16.5. The predicted octanol–water partition coefficient (Wildman–Crippen LogP) is 3.07. The molecular formula is C14H23NO. The van der Waals surface area contributed by atoms with Gasteiger partial charge in [-0.05, 0) is 31.4 Å². The lowest BCUT2D eigenvalue weighted by molar-refractivity contribution is 0.159. The van der Waals surface area contributed by atoms with Crippen molar-refractivity contribution >= 4 is 0 Å². The molecule has 0 spiro atoms. The summed E-state index contributed by atoms with van der Waals surface area (Å²) in [6.45, 7) is 7.32. The van der Waals surface area contributed by atoms with Gasteiger partial charge >= 0.3 is 0 Å². The molecule has 1 N–H and O–H groups in total. The van der Waals surface area contributed by atoms with Crippen LogP contribution >= 0.6 is 0 Å². The second-order valence-electron chi connectivity index (χ2n) is 4.31. The molecule has 1 rings (SSSR count). The molecule has 0 aliphatic rings. The van der Waals surface area contributed by atoms with Gasteiger partial charge in [-0.1, -0.05) is 31.2 Å². The maximum atomic E-state index is 5.20. The van der Waals surface area contributed by atoms with Crippen LogP contribution in [0.3, 0.4) is 0 Å². The third kappa shape index (κ3) is 3.62. The standard InChI is InChI=1S/C14H23NO/c1-5-13(10-16-4)15-12(3)14-9-7-6-8-11(14)2/h6-9,12-13,15H,5,10H2,1-4H3/t12-,13?/m1/s1. The van der Waals surface area contributed by atoms with E-state index in [0.29, 0.717) is 12.1 Å². The van der Waals surface area contributed by atoms with Crippen LogP contribution < -0.4 is 5.32 Å². The maximum Gasteiger partial charge on any atom is 0.0615 e. The van der Waals surface area contributed by atoms with Gasteiger partial charge in [-0.25, -0.2) is 0 Å². The molecule has 1 aromatic rings. The Bertz CT molecular complexity index is 311. The third-order valence-electron chi connectivity index (χ3n) is 3.00. The van der Waals surface area contributed by atoms with E-state index in [1.807, 2.05) is 0 Å². The Labute approximate surface area is 99.0 Å². The molecule has 2 atom stereocenters. The smallest absolute Gasteiger partial charge is 0.0615 e. The molecule has 16 heavy (non-hydrogen) atoms. The van der Waals surface area contributed by atoms with Crippen LogP contribution in [-0.4, -0.2) is 19.8 Å². The van der Waals surface area contributed by atoms with Gasteiger partial charge < -0.3 is 10.1 Å². The Morgan fingerprint density at radius 2 is 2.00 bits per heavy atom. The van der Waals surface area contributed by atoms with Crippen molar-refractivity contribution in [3.8, 4) is 0 Å². The molecule has 0 aliphatic heterocycles. The van der Waals surface area contributed by atoms with E-state index in [1.54, 1.807) is 7.11 Å². The Kier molecular flexibility index (Phi) is 5.50. The van der Waals surface area contributed by atoms with Crippen molar-refractivity contribution in [3.05, 3.63) is 35.4 Å². The molecule has 0 aliphatic carbocycles. The zero-order valence-corrected chi connectivity index (χ0v) is 10.8. The summed E-state index contributed by atoms with van der Waals surface area (Å²) < 4.78 is 5.20. The first-order chi connectivity index (χ1) is 7.69. The monoisotopic (exact) mass is 221 g/mol. The fourth-order valence-corrected chi connectivity index (χ4v) is 2.00. The molecule has 0 radical (unpaired) electrons. The minimum absolute atomic E-state index is 0.376. The molecular weight excluding hydrogens is 198 g/mol. The van der Waals surface area contributed by atoms with Gasteiger partial charge in [-0.15, -0.1) is 0 Å². The van der Waals surface area contributed by atoms with Gasteiger partial charge in [0, 0.05) is 19.2 Å². The minimum atomic E-state index is 0.376. The van der Waals surface area contributed by atoms with Gasteiger partial charge in [0.15, 0.2) is 0 Å². The highest BCUT2D eigenvalue weighted by molar-refractivity contribution is 5.28. The average molecular weight is 221 g/mol. The first kappa shape index (κ1) is 13.2. The summed E-state index contributed by atoms with van der Waals surface area (Å²) in [5.41, 5.74) is 2.71. The van der Waals surface area contributed by atoms with E-state index in [0.717, 1.165) is 13.0 Å². The van der Waals surface area contributed by atoms with Crippen LogP contribution in [0.4, 0.5) is 0 Å². The molecule has 0 bridgehead atoms. The van der Waals surface area contributed by atoms with Crippen molar-refractivity contribution in [1.29, 1.82) is 0 Å². The Morgan fingerprint density at radius 1 is 1.31 bits per heavy atom. The zero-order chi connectivity index (χ0) is 12.0. The average Bonchev–Trinajstić information content (AvgIpc) is 2.28. The van der Waals surface area contributed by atoms with Crippen molar-refractivity contribution < 1.29 is 4.74 Å². The van der Waals surface area contributed by atoms with E-state index in [1.165, 1.54) is 11.1 Å². The minimum Gasteiger partial charge on any atom is -0.383 e. The first-order valence-electron chi connectivity index (χ1n) is 5.99. The number of nitrogens with one attached hydrogen (secondary N) is 1. The molecule has 0 saturated heterocycles. The molecule has 2 heteroatoms. The Hall–Kier alpha value is -0.860. The molecule has 0 heterocycles. The van der Waals surface area contributed by atoms with Gasteiger partial charge in [-0.3, -0.25) is 0 Å². The van der Waals surface area contributed by atoms with Crippen molar-refractivity contribution in [3.63, 3.8) is 0 Å². The van der Waals surface area contributed by atoms with E-state index in [9.17, 15) is 0 Å². The van der Waals surface area contributed by atoms with Gasteiger partial charge in [-0.2, -0.15) is 0 Å². The van der Waals surface area contributed by atoms with E-state index in [-0.39, 0.29) is 0 Å². The molecule has 0 amide bonds. The van der Waals surface area contributed by atoms with Crippen LogP contribution in [0, 0.1) is 6.92 Å². The molecule has 90 valence electrons. The molecule has 0 fully saturated rings. The molecule has 1 aromatic carbocycles. The number of methoxy groups -OCH3 is 1. The van der Waals surface area contributed by atoms with Crippen LogP contribution in [0.5, 0.6) is 0 Å². The number of benzene rings is 1. The summed E-state index contributed by atoms with van der Waals surface area (Å²) in [6.07, 6.45) is 1.09. The summed E-state index contributed by atoms with van der Waals surface area (Å²) in [7, 11) is 1.75. The lowest BCUT2D eigenvalue weighted by Gasteiger charge is -2.23. The summed E-state index contributed by atoms with van der Waals surface area (Å²) in [5.74, 6) is 0. The molecule has 2 nitrogen and oxygen atoms in total. The second kappa shape index (κ2) is 6.66. The van der Waals surface area contributed by atoms with Crippen molar-refractivity contribution in [2.24, 2.45) is 0 Å². The molecule has 0 aromatic heterocycles. The summed E-state index contributed by atoms with van der Waals surface area (Å²) in [4.78, 5) is 0. The van der Waals surface area contributed by atoms with Gasteiger partial charge in [0.05, 0.1) is 6.61 Å². The number of aryl methyl sites for hydroxylation is 1. The van der Waals surface area contributed by atoms with E-state index < -0.39 is 0 Å².